The average molecular weight is 449 g/mol. The first-order chi connectivity index (χ1) is 16.0. The number of pyridine rings is 1. The largest absolute Gasteiger partial charge is 0.361 e. The smallest absolute Gasteiger partial charge is 0.254 e. The summed E-state index contributed by atoms with van der Waals surface area (Å²) in [7, 11) is 0. The minimum Gasteiger partial charge on any atom is -0.361 e. The molecule has 172 valence electrons. The molecule has 0 radical (unpaired) electrons. The molecule has 0 unspecified atom stereocenters. The van der Waals surface area contributed by atoms with E-state index in [2.05, 4.69) is 15.5 Å². The summed E-state index contributed by atoms with van der Waals surface area (Å²) in [5, 5.41) is 6.94. The maximum absolute atomic E-state index is 13.5. The van der Waals surface area contributed by atoms with Crippen LogP contribution in [0.3, 0.4) is 0 Å². The predicted molar refractivity (Wildman–Crippen MR) is 121 cm³/mol. The molecular weight excluding hydrogens is 420 g/mol. The van der Waals surface area contributed by atoms with E-state index in [1.807, 2.05) is 55.5 Å². The number of rotatable bonds is 7. The molecular formula is C25H28N4O4. The second-order valence-electron chi connectivity index (χ2n) is 8.30. The summed E-state index contributed by atoms with van der Waals surface area (Å²) in [5.41, 5.74) is 1.98. The third-order valence-electron chi connectivity index (χ3n) is 5.95. The molecule has 4 rings (SSSR count). The highest BCUT2D eigenvalue weighted by molar-refractivity contribution is 5.87. The van der Waals surface area contributed by atoms with Gasteiger partial charge in [0.05, 0.1) is 25.3 Å². The molecule has 33 heavy (non-hydrogen) atoms. The van der Waals surface area contributed by atoms with Crippen molar-refractivity contribution in [1.29, 1.82) is 0 Å². The molecule has 1 fully saturated rings. The van der Waals surface area contributed by atoms with Crippen molar-refractivity contribution in [2.75, 3.05) is 19.7 Å². The van der Waals surface area contributed by atoms with Crippen molar-refractivity contribution in [3.63, 3.8) is 0 Å². The number of nitrogens with zero attached hydrogens (tertiary/aromatic N) is 3. The van der Waals surface area contributed by atoms with Gasteiger partial charge in [0.2, 0.25) is 5.91 Å². The predicted octanol–water partition coefficient (Wildman–Crippen LogP) is 2.39. The van der Waals surface area contributed by atoms with Crippen LogP contribution < -0.4 is 5.32 Å². The summed E-state index contributed by atoms with van der Waals surface area (Å²) in [6.45, 7) is 4.81. The second kappa shape index (κ2) is 9.95. The quantitative estimate of drug-likeness (QED) is 0.596. The molecule has 1 saturated heterocycles. The van der Waals surface area contributed by atoms with E-state index in [4.69, 9.17) is 9.26 Å². The molecule has 8 nitrogen and oxygen atoms in total. The maximum Gasteiger partial charge on any atom is 0.254 e. The Morgan fingerprint density at radius 2 is 1.91 bits per heavy atom. The summed E-state index contributed by atoms with van der Waals surface area (Å²) in [6.07, 6.45) is 2.13. The zero-order chi connectivity index (χ0) is 23.3. The number of hydrogen-bond donors (Lipinski definition) is 1. The van der Waals surface area contributed by atoms with Gasteiger partial charge in [-0.25, -0.2) is 0 Å². The van der Waals surface area contributed by atoms with Crippen LogP contribution in [0.5, 0.6) is 0 Å². The maximum atomic E-state index is 13.5. The van der Waals surface area contributed by atoms with Gasteiger partial charge in [0, 0.05) is 37.0 Å². The summed E-state index contributed by atoms with van der Waals surface area (Å²) >= 11 is 0. The fraction of sp³-hybridized carbons (Fsp3) is 0.360. The monoisotopic (exact) mass is 448 g/mol. The Labute approximate surface area is 192 Å². The van der Waals surface area contributed by atoms with Gasteiger partial charge in [-0.1, -0.05) is 41.6 Å². The normalized spacial score (nSPS) is 18.2. The zero-order valence-corrected chi connectivity index (χ0v) is 18.9. The van der Waals surface area contributed by atoms with Crippen molar-refractivity contribution in [2.45, 2.75) is 38.8 Å². The van der Waals surface area contributed by atoms with Crippen LogP contribution in [-0.2, 0) is 33.7 Å². The van der Waals surface area contributed by atoms with Gasteiger partial charge in [-0.2, -0.15) is 0 Å². The van der Waals surface area contributed by atoms with Crippen molar-refractivity contribution in [3.8, 4) is 0 Å². The minimum atomic E-state index is -1.23. The summed E-state index contributed by atoms with van der Waals surface area (Å²) < 4.78 is 11.3. The van der Waals surface area contributed by atoms with E-state index in [0.717, 1.165) is 16.8 Å². The molecule has 1 aliphatic rings. The third-order valence-corrected chi connectivity index (χ3v) is 5.95. The molecule has 1 atom stereocenters. The van der Waals surface area contributed by atoms with Crippen LogP contribution >= 0.6 is 0 Å². The molecule has 2 aromatic heterocycles. The number of morpholine rings is 1. The van der Waals surface area contributed by atoms with Gasteiger partial charge in [0.15, 0.2) is 5.60 Å². The number of carbonyl (C=O) groups excluding carboxylic acids is 2. The number of aromatic nitrogens is 2. The highest BCUT2D eigenvalue weighted by Gasteiger charge is 2.45. The van der Waals surface area contributed by atoms with Crippen LogP contribution in [0.25, 0.3) is 0 Å². The molecule has 1 aliphatic heterocycles. The van der Waals surface area contributed by atoms with Gasteiger partial charge in [-0.15, -0.1) is 0 Å². The Morgan fingerprint density at radius 3 is 2.61 bits per heavy atom. The van der Waals surface area contributed by atoms with E-state index >= 15 is 0 Å². The second-order valence-corrected chi connectivity index (χ2v) is 8.30. The lowest BCUT2D eigenvalue weighted by atomic mass is 9.93. The number of benzene rings is 1. The van der Waals surface area contributed by atoms with E-state index in [9.17, 15) is 9.59 Å². The fourth-order valence-corrected chi connectivity index (χ4v) is 4.07. The van der Waals surface area contributed by atoms with Crippen molar-refractivity contribution in [2.24, 2.45) is 0 Å². The molecule has 0 saturated carbocycles. The topological polar surface area (TPSA) is 97.6 Å². The number of carbonyl (C=O) groups is 2. The zero-order valence-electron chi connectivity index (χ0n) is 18.9. The fourth-order valence-electron chi connectivity index (χ4n) is 4.07. The van der Waals surface area contributed by atoms with E-state index < -0.39 is 5.60 Å². The van der Waals surface area contributed by atoms with Crippen LogP contribution in [0.15, 0.2) is 59.3 Å². The van der Waals surface area contributed by atoms with E-state index in [1.165, 1.54) is 0 Å². The molecule has 1 N–H and O–H groups in total. The van der Waals surface area contributed by atoms with Crippen LogP contribution in [0.4, 0.5) is 0 Å². The highest BCUT2D eigenvalue weighted by atomic mass is 16.5. The molecule has 2 amide bonds. The Bertz CT molecular complexity index is 1080. The Morgan fingerprint density at radius 1 is 1.12 bits per heavy atom. The van der Waals surface area contributed by atoms with Crippen LogP contribution in [0.2, 0.25) is 0 Å². The molecule has 1 aromatic carbocycles. The van der Waals surface area contributed by atoms with Crippen molar-refractivity contribution in [1.82, 2.24) is 20.4 Å². The molecule has 0 bridgehead atoms. The van der Waals surface area contributed by atoms with Crippen LogP contribution in [-0.4, -0.2) is 52.2 Å². The van der Waals surface area contributed by atoms with Crippen molar-refractivity contribution < 1.29 is 18.8 Å². The van der Waals surface area contributed by atoms with Crippen molar-refractivity contribution >= 4 is 11.8 Å². The van der Waals surface area contributed by atoms with Crippen molar-refractivity contribution in [3.05, 3.63) is 83.0 Å². The van der Waals surface area contributed by atoms with Gasteiger partial charge >= 0.3 is 0 Å². The molecule has 3 aromatic rings. The van der Waals surface area contributed by atoms with Gasteiger partial charge in [-0.05, 0) is 31.5 Å². The Kier molecular flexibility index (Phi) is 6.84. The van der Waals surface area contributed by atoms with E-state index in [-0.39, 0.29) is 37.8 Å². The lowest BCUT2D eigenvalue weighted by Crippen LogP contribution is -2.62. The average Bonchev–Trinajstić information content (AvgIpc) is 3.16. The number of hydrogen-bond acceptors (Lipinski definition) is 6. The lowest BCUT2D eigenvalue weighted by Gasteiger charge is -2.41. The van der Waals surface area contributed by atoms with Crippen LogP contribution in [0, 0.1) is 13.8 Å². The standard InChI is InChI=1S/C25H28N4O4/c1-18-22(19(2)33-28-18)14-23(30)29-12-13-32-25(17-29,15-21-10-6-7-11-26-21)24(31)27-16-20-8-4-3-5-9-20/h3-11H,12-17H2,1-2H3,(H,27,31)/t25-/m1/s1. The van der Waals surface area contributed by atoms with Gasteiger partial charge in [0.1, 0.15) is 5.76 Å². The molecule has 0 aliphatic carbocycles. The lowest BCUT2D eigenvalue weighted by molar-refractivity contribution is -0.166. The number of ether oxygens (including phenoxy) is 1. The number of aryl methyl sites for hydroxylation is 2. The molecule has 3 heterocycles. The van der Waals surface area contributed by atoms with Gasteiger partial charge < -0.3 is 19.5 Å². The minimum absolute atomic E-state index is 0.0889. The first-order valence-corrected chi connectivity index (χ1v) is 11.0. The number of nitrogens with one attached hydrogen (secondary N) is 1. The van der Waals surface area contributed by atoms with Gasteiger partial charge in [-0.3, -0.25) is 14.6 Å². The first-order valence-electron chi connectivity index (χ1n) is 11.0. The SMILES string of the molecule is Cc1noc(C)c1CC(=O)N1CCO[C@@](Cc2ccccn2)(C(=O)NCc2ccccc2)C1. The summed E-state index contributed by atoms with van der Waals surface area (Å²) in [6, 6.07) is 15.3. The molecule has 0 spiro atoms. The van der Waals surface area contributed by atoms with E-state index in [1.54, 1.807) is 18.0 Å². The molecule has 8 heteroatoms. The number of amides is 2. The summed E-state index contributed by atoms with van der Waals surface area (Å²) in [4.78, 5) is 32.7. The first kappa shape index (κ1) is 22.7. The van der Waals surface area contributed by atoms with E-state index in [0.29, 0.717) is 24.5 Å². The Hall–Kier alpha value is -3.52. The third kappa shape index (κ3) is 5.28. The van der Waals surface area contributed by atoms with Gasteiger partial charge in [0.25, 0.3) is 5.91 Å². The highest BCUT2D eigenvalue weighted by Crippen LogP contribution is 2.25. The summed E-state index contributed by atoms with van der Waals surface area (Å²) in [5.74, 6) is 0.287. The van der Waals surface area contributed by atoms with Crippen LogP contribution in [0.1, 0.15) is 28.3 Å². The Balaban J connectivity index is 1.54.